The van der Waals surface area contributed by atoms with Crippen LogP contribution in [0.3, 0.4) is 0 Å². The number of aryl methyl sites for hydroxylation is 2. The predicted molar refractivity (Wildman–Crippen MR) is 109 cm³/mol. The highest BCUT2D eigenvalue weighted by Crippen LogP contribution is 2.24. The highest BCUT2D eigenvalue weighted by atomic mass is 15.3. The number of hydrogen-bond donors (Lipinski definition) is 2. The smallest absolute Gasteiger partial charge is 0.229 e. The Morgan fingerprint density at radius 1 is 1.30 bits per heavy atom. The summed E-state index contributed by atoms with van der Waals surface area (Å²) < 4.78 is 0. The standard InChI is InChI=1S/C21H28N6/c1-4-5-6-17-12-20(27-10-9-19(14-27)23-3)26-21(24-17)25-18-8-7-15(2)16(11-18)13-22/h7-8,11-12,19,23H,4-6,9-10,14H2,1-3H3,(H,24,25,26)/t19-/m0/s1. The molecule has 2 aromatic rings. The number of benzene rings is 1. The molecule has 1 aliphatic heterocycles. The molecular formula is C21H28N6. The lowest BCUT2D eigenvalue weighted by molar-refractivity contribution is 0.616. The van der Waals surface area contributed by atoms with Gasteiger partial charge in [0, 0.05) is 36.6 Å². The molecule has 6 heteroatoms. The Balaban J connectivity index is 1.87. The maximum Gasteiger partial charge on any atom is 0.229 e. The minimum atomic E-state index is 0.505. The predicted octanol–water partition coefficient (Wildman–Crippen LogP) is 3.54. The molecule has 0 radical (unpaired) electrons. The van der Waals surface area contributed by atoms with Crippen LogP contribution in [0.15, 0.2) is 24.3 Å². The summed E-state index contributed by atoms with van der Waals surface area (Å²) in [6, 6.07) is 10.6. The molecule has 1 aromatic heterocycles. The number of unbranched alkanes of at least 4 members (excludes halogenated alkanes) is 1. The fourth-order valence-electron chi connectivity index (χ4n) is 3.34. The summed E-state index contributed by atoms with van der Waals surface area (Å²) in [5.74, 6) is 1.57. The lowest BCUT2D eigenvalue weighted by Gasteiger charge is -2.19. The van der Waals surface area contributed by atoms with Crippen LogP contribution in [0.1, 0.15) is 43.0 Å². The van der Waals surface area contributed by atoms with Crippen LogP contribution in [0.2, 0.25) is 0 Å². The molecule has 2 heterocycles. The van der Waals surface area contributed by atoms with E-state index in [1.54, 1.807) is 0 Å². The van der Waals surface area contributed by atoms with Gasteiger partial charge in [0.05, 0.1) is 11.6 Å². The topological polar surface area (TPSA) is 76.9 Å². The van der Waals surface area contributed by atoms with Crippen molar-refractivity contribution in [3.05, 3.63) is 41.1 Å². The molecule has 1 fully saturated rings. The maximum absolute atomic E-state index is 9.26. The first-order valence-corrected chi connectivity index (χ1v) is 9.71. The van der Waals surface area contributed by atoms with Crippen molar-refractivity contribution < 1.29 is 0 Å². The van der Waals surface area contributed by atoms with Crippen LogP contribution in [-0.4, -0.2) is 36.1 Å². The number of aromatic nitrogens is 2. The monoisotopic (exact) mass is 364 g/mol. The van der Waals surface area contributed by atoms with Crippen molar-refractivity contribution in [3.8, 4) is 6.07 Å². The van der Waals surface area contributed by atoms with Gasteiger partial charge in [0.25, 0.3) is 0 Å². The van der Waals surface area contributed by atoms with Crippen molar-refractivity contribution in [2.75, 3.05) is 30.4 Å². The van der Waals surface area contributed by atoms with E-state index in [2.05, 4.69) is 34.6 Å². The fraction of sp³-hybridized carbons (Fsp3) is 0.476. The Bertz CT molecular complexity index is 826. The molecule has 0 aliphatic carbocycles. The second-order valence-electron chi connectivity index (χ2n) is 7.13. The quantitative estimate of drug-likeness (QED) is 0.782. The first kappa shape index (κ1) is 19.1. The van der Waals surface area contributed by atoms with E-state index in [4.69, 9.17) is 9.97 Å². The van der Waals surface area contributed by atoms with Crippen LogP contribution in [0.4, 0.5) is 17.5 Å². The van der Waals surface area contributed by atoms with Crippen molar-refractivity contribution in [2.45, 2.75) is 45.6 Å². The number of likely N-dealkylation sites (N-methyl/N-ethyl adjacent to an activating group) is 1. The van der Waals surface area contributed by atoms with Gasteiger partial charge in [-0.3, -0.25) is 0 Å². The lowest BCUT2D eigenvalue weighted by Crippen LogP contribution is -2.30. The van der Waals surface area contributed by atoms with E-state index in [0.717, 1.165) is 61.5 Å². The van der Waals surface area contributed by atoms with Crippen molar-refractivity contribution in [3.63, 3.8) is 0 Å². The van der Waals surface area contributed by atoms with Gasteiger partial charge in [-0.1, -0.05) is 19.4 Å². The van der Waals surface area contributed by atoms with E-state index in [1.165, 1.54) is 0 Å². The molecule has 0 spiro atoms. The van der Waals surface area contributed by atoms with Gasteiger partial charge in [-0.05, 0) is 50.9 Å². The minimum Gasteiger partial charge on any atom is -0.355 e. The second-order valence-corrected chi connectivity index (χ2v) is 7.13. The Morgan fingerprint density at radius 2 is 2.15 bits per heavy atom. The molecule has 1 atom stereocenters. The van der Waals surface area contributed by atoms with Crippen molar-refractivity contribution in [1.82, 2.24) is 15.3 Å². The zero-order valence-electron chi connectivity index (χ0n) is 16.4. The summed E-state index contributed by atoms with van der Waals surface area (Å²) in [5.41, 5.74) is 3.53. The van der Waals surface area contributed by atoms with Crippen LogP contribution < -0.4 is 15.5 Å². The van der Waals surface area contributed by atoms with Gasteiger partial charge in [-0.15, -0.1) is 0 Å². The van der Waals surface area contributed by atoms with Crippen LogP contribution in [0.25, 0.3) is 0 Å². The Labute approximate surface area is 161 Å². The molecular weight excluding hydrogens is 336 g/mol. The average Bonchev–Trinajstić information content (AvgIpc) is 3.17. The summed E-state index contributed by atoms with van der Waals surface area (Å²) >= 11 is 0. The highest BCUT2D eigenvalue weighted by molar-refractivity contribution is 5.59. The molecule has 2 N–H and O–H groups in total. The van der Waals surface area contributed by atoms with Gasteiger partial charge in [-0.2, -0.15) is 10.2 Å². The molecule has 0 bridgehead atoms. The fourth-order valence-corrected chi connectivity index (χ4v) is 3.34. The first-order chi connectivity index (χ1) is 13.1. The molecule has 3 rings (SSSR count). The van der Waals surface area contributed by atoms with Crippen LogP contribution >= 0.6 is 0 Å². The third kappa shape index (κ3) is 4.75. The number of nitrogens with zero attached hydrogens (tertiary/aromatic N) is 4. The third-order valence-electron chi connectivity index (χ3n) is 5.09. The van der Waals surface area contributed by atoms with E-state index in [1.807, 2.05) is 32.2 Å². The zero-order chi connectivity index (χ0) is 19.2. The van der Waals surface area contributed by atoms with E-state index in [-0.39, 0.29) is 0 Å². The molecule has 1 aliphatic rings. The summed E-state index contributed by atoms with van der Waals surface area (Å²) in [7, 11) is 2.01. The van der Waals surface area contributed by atoms with E-state index >= 15 is 0 Å². The summed E-state index contributed by atoms with van der Waals surface area (Å²) in [6.07, 6.45) is 4.31. The molecule has 1 saturated heterocycles. The van der Waals surface area contributed by atoms with Crippen LogP contribution in [0, 0.1) is 18.3 Å². The second kappa shape index (κ2) is 8.83. The molecule has 27 heavy (non-hydrogen) atoms. The molecule has 142 valence electrons. The molecule has 0 saturated carbocycles. The van der Waals surface area contributed by atoms with Crippen LogP contribution in [0.5, 0.6) is 0 Å². The van der Waals surface area contributed by atoms with Gasteiger partial charge in [0.1, 0.15) is 5.82 Å². The summed E-state index contributed by atoms with van der Waals surface area (Å²) in [4.78, 5) is 11.8. The summed E-state index contributed by atoms with van der Waals surface area (Å²) in [5, 5.41) is 15.9. The Morgan fingerprint density at radius 3 is 2.85 bits per heavy atom. The maximum atomic E-state index is 9.26. The van der Waals surface area contributed by atoms with Gasteiger partial charge >= 0.3 is 0 Å². The number of nitrogens with one attached hydrogen (secondary N) is 2. The molecule has 0 unspecified atom stereocenters. The molecule has 0 amide bonds. The lowest BCUT2D eigenvalue weighted by atomic mass is 10.1. The zero-order valence-corrected chi connectivity index (χ0v) is 16.4. The number of hydrogen-bond acceptors (Lipinski definition) is 6. The van der Waals surface area contributed by atoms with E-state index in [0.29, 0.717) is 17.6 Å². The van der Waals surface area contributed by atoms with Crippen molar-refractivity contribution in [2.24, 2.45) is 0 Å². The third-order valence-corrected chi connectivity index (χ3v) is 5.09. The van der Waals surface area contributed by atoms with E-state index < -0.39 is 0 Å². The average molecular weight is 364 g/mol. The number of nitriles is 1. The summed E-state index contributed by atoms with van der Waals surface area (Å²) in [6.45, 7) is 6.09. The number of anilines is 3. The first-order valence-electron chi connectivity index (χ1n) is 9.71. The van der Waals surface area contributed by atoms with Crippen molar-refractivity contribution in [1.29, 1.82) is 5.26 Å². The highest BCUT2D eigenvalue weighted by Gasteiger charge is 2.23. The minimum absolute atomic E-state index is 0.505. The van der Waals surface area contributed by atoms with Crippen molar-refractivity contribution >= 4 is 17.5 Å². The van der Waals surface area contributed by atoms with Gasteiger partial charge in [0.15, 0.2) is 0 Å². The molecule has 1 aromatic carbocycles. The van der Waals surface area contributed by atoms with Gasteiger partial charge < -0.3 is 15.5 Å². The normalized spacial score (nSPS) is 16.4. The number of rotatable bonds is 7. The largest absolute Gasteiger partial charge is 0.355 e. The Kier molecular flexibility index (Phi) is 6.25. The Hall–Kier alpha value is -2.65. The SMILES string of the molecule is CCCCc1cc(N2CC[C@H](NC)C2)nc(Nc2ccc(C)c(C#N)c2)n1. The van der Waals surface area contributed by atoms with Gasteiger partial charge in [0.2, 0.25) is 5.95 Å². The molecule has 6 nitrogen and oxygen atoms in total. The van der Waals surface area contributed by atoms with Gasteiger partial charge in [-0.25, -0.2) is 4.98 Å². The van der Waals surface area contributed by atoms with E-state index in [9.17, 15) is 5.26 Å². The van der Waals surface area contributed by atoms with Crippen LogP contribution in [-0.2, 0) is 6.42 Å².